The summed E-state index contributed by atoms with van der Waals surface area (Å²) in [7, 11) is 1.24. The van der Waals surface area contributed by atoms with Crippen LogP contribution in [0.2, 0.25) is 0 Å². The molecule has 1 atom stereocenters. The molecule has 13 heavy (non-hydrogen) atoms. The molecule has 0 fully saturated rings. The summed E-state index contributed by atoms with van der Waals surface area (Å²) in [6, 6.07) is 0. The molecule has 0 aromatic heterocycles. The van der Waals surface area contributed by atoms with Crippen molar-refractivity contribution in [2.45, 2.75) is 11.3 Å². The summed E-state index contributed by atoms with van der Waals surface area (Å²) in [4.78, 5) is 10.7. The van der Waals surface area contributed by atoms with Crippen molar-refractivity contribution in [2.24, 2.45) is 0 Å². The zero-order chi connectivity index (χ0) is 10.1. The van der Waals surface area contributed by atoms with E-state index in [0.29, 0.717) is 0 Å². The Labute approximate surface area is 84.3 Å². The van der Waals surface area contributed by atoms with Crippen LogP contribution in [-0.2, 0) is 13.8 Å². The van der Waals surface area contributed by atoms with Crippen molar-refractivity contribution >= 4 is 37.4 Å². The van der Waals surface area contributed by atoms with E-state index in [0.717, 1.165) is 11.8 Å². The van der Waals surface area contributed by atoms with E-state index < -0.39 is 19.3 Å². The van der Waals surface area contributed by atoms with Crippen LogP contribution < -0.4 is 10.6 Å². The van der Waals surface area contributed by atoms with Crippen LogP contribution in [0.5, 0.6) is 0 Å². The summed E-state index contributed by atoms with van der Waals surface area (Å²) in [6.07, 6.45) is 1.40. The molecule has 1 heterocycles. The number of carbonyl (C=O) groups is 1. The van der Waals surface area contributed by atoms with Crippen molar-refractivity contribution in [1.82, 2.24) is 10.6 Å². The first-order valence-electron chi connectivity index (χ1n) is 3.21. The van der Waals surface area contributed by atoms with E-state index >= 15 is 0 Å². The molecule has 1 amide bonds. The van der Waals surface area contributed by atoms with Crippen LogP contribution in [0.25, 0.3) is 0 Å². The molecular formula is C5H7ClN2O3S2. The van der Waals surface area contributed by atoms with E-state index in [-0.39, 0.29) is 0 Å². The summed E-state index contributed by atoms with van der Waals surface area (Å²) < 4.78 is 20.6. The maximum absolute atomic E-state index is 11.1. The van der Waals surface area contributed by atoms with E-state index in [4.69, 9.17) is 10.7 Å². The summed E-state index contributed by atoms with van der Waals surface area (Å²) in [5.41, 5.74) is 0. The van der Waals surface area contributed by atoms with Gasteiger partial charge in [-0.3, -0.25) is 4.79 Å². The molecule has 1 rings (SSSR count). The number of hydrogen-bond acceptors (Lipinski definition) is 5. The normalized spacial score (nSPS) is 26.9. The largest absolute Gasteiger partial charge is 0.346 e. The maximum Gasteiger partial charge on any atom is 0.286 e. The van der Waals surface area contributed by atoms with Gasteiger partial charge in [0.1, 0.15) is 0 Å². The highest BCUT2D eigenvalue weighted by molar-refractivity contribution is 8.26. The Balaban J connectivity index is 2.97. The smallest absolute Gasteiger partial charge is 0.286 e. The number of thioether (sulfide) groups is 1. The highest BCUT2D eigenvalue weighted by Crippen LogP contribution is 2.33. The van der Waals surface area contributed by atoms with E-state index in [9.17, 15) is 13.2 Å². The van der Waals surface area contributed by atoms with Gasteiger partial charge in [-0.2, -0.15) is 0 Å². The Morgan fingerprint density at radius 1 is 1.69 bits per heavy atom. The van der Waals surface area contributed by atoms with E-state index in [1.165, 1.54) is 18.5 Å². The standard InChI is InChI=1S/C5H7ClN2O3S2/c1-4(9)8-5(13(6,10)11)7-2-3-12-5/h2-3,7H,1H3,(H,8,9). The first kappa shape index (κ1) is 10.7. The molecule has 0 saturated carbocycles. The Morgan fingerprint density at radius 2 is 2.31 bits per heavy atom. The Morgan fingerprint density at radius 3 is 2.62 bits per heavy atom. The topological polar surface area (TPSA) is 75.3 Å². The Hall–Kier alpha value is -0.400. The fourth-order valence-electron chi connectivity index (χ4n) is 0.794. The zero-order valence-electron chi connectivity index (χ0n) is 6.57. The van der Waals surface area contributed by atoms with Gasteiger partial charge in [-0.1, -0.05) is 11.8 Å². The molecule has 74 valence electrons. The minimum absolute atomic E-state index is 0.479. The number of halogens is 1. The average Bonchev–Trinajstić information content (AvgIpc) is 2.33. The van der Waals surface area contributed by atoms with Gasteiger partial charge in [0, 0.05) is 23.8 Å². The predicted octanol–water partition coefficient (Wildman–Crippen LogP) is 0.110. The number of rotatable bonds is 2. The second-order valence-corrected chi connectivity index (χ2v) is 6.39. The van der Waals surface area contributed by atoms with Gasteiger partial charge in [-0.25, -0.2) is 8.42 Å². The van der Waals surface area contributed by atoms with Gasteiger partial charge in [0.15, 0.2) is 0 Å². The number of hydrogen-bond donors (Lipinski definition) is 2. The Bertz CT molecular complexity index is 343. The van der Waals surface area contributed by atoms with Crippen LogP contribution in [0.15, 0.2) is 11.6 Å². The van der Waals surface area contributed by atoms with Gasteiger partial charge in [-0.05, 0) is 5.41 Å². The monoisotopic (exact) mass is 242 g/mol. The molecule has 0 radical (unpaired) electrons. The van der Waals surface area contributed by atoms with Crippen LogP contribution in [0, 0.1) is 0 Å². The molecule has 1 unspecified atom stereocenters. The van der Waals surface area contributed by atoms with Crippen LogP contribution >= 0.6 is 22.4 Å². The van der Waals surface area contributed by atoms with Crippen molar-refractivity contribution in [3.8, 4) is 0 Å². The third kappa shape index (κ3) is 2.09. The van der Waals surface area contributed by atoms with Gasteiger partial charge in [0.2, 0.25) is 5.91 Å². The minimum Gasteiger partial charge on any atom is -0.346 e. The highest BCUT2D eigenvalue weighted by Gasteiger charge is 2.45. The lowest BCUT2D eigenvalue weighted by atomic mass is 10.7. The van der Waals surface area contributed by atoms with E-state index in [2.05, 4.69) is 10.6 Å². The first-order valence-corrected chi connectivity index (χ1v) is 6.40. The van der Waals surface area contributed by atoms with Crippen molar-refractivity contribution in [2.75, 3.05) is 0 Å². The van der Waals surface area contributed by atoms with Crippen LogP contribution in [0.4, 0.5) is 0 Å². The molecule has 0 saturated heterocycles. The molecule has 1 aliphatic rings. The van der Waals surface area contributed by atoms with Crippen molar-refractivity contribution in [3.63, 3.8) is 0 Å². The third-order valence-corrected chi connectivity index (χ3v) is 4.91. The lowest BCUT2D eigenvalue weighted by molar-refractivity contribution is -0.119. The second-order valence-electron chi connectivity index (χ2n) is 2.30. The number of amides is 1. The fourth-order valence-corrected chi connectivity index (χ4v) is 3.14. The molecule has 5 nitrogen and oxygen atoms in total. The summed E-state index contributed by atoms with van der Waals surface area (Å²) in [5, 5.41) is 6.19. The predicted molar refractivity (Wildman–Crippen MR) is 51.2 cm³/mol. The third-order valence-electron chi connectivity index (χ3n) is 1.26. The molecule has 0 aromatic carbocycles. The molecule has 0 aliphatic carbocycles. The summed E-state index contributed by atoms with van der Waals surface area (Å²) in [5.74, 6) is -0.479. The van der Waals surface area contributed by atoms with Crippen LogP contribution in [-0.4, -0.2) is 18.7 Å². The van der Waals surface area contributed by atoms with Crippen molar-refractivity contribution in [1.29, 1.82) is 0 Å². The lowest BCUT2D eigenvalue weighted by Gasteiger charge is -2.25. The van der Waals surface area contributed by atoms with Gasteiger partial charge < -0.3 is 10.6 Å². The molecule has 0 spiro atoms. The second kappa shape index (κ2) is 3.39. The van der Waals surface area contributed by atoms with Crippen LogP contribution in [0.3, 0.4) is 0 Å². The number of nitrogens with one attached hydrogen (secondary N) is 2. The molecule has 2 N–H and O–H groups in total. The van der Waals surface area contributed by atoms with Crippen LogP contribution in [0.1, 0.15) is 6.92 Å². The zero-order valence-corrected chi connectivity index (χ0v) is 8.96. The molecule has 8 heteroatoms. The van der Waals surface area contributed by atoms with Crippen molar-refractivity contribution in [3.05, 3.63) is 11.6 Å². The van der Waals surface area contributed by atoms with Gasteiger partial charge in [0.25, 0.3) is 13.4 Å². The van der Waals surface area contributed by atoms with Gasteiger partial charge in [-0.15, -0.1) is 0 Å². The SMILES string of the molecule is CC(=O)NC1(S(=O)(=O)Cl)NC=CS1. The molecule has 0 aromatic rings. The molecule has 0 bridgehead atoms. The summed E-state index contributed by atoms with van der Waals surface area (Å²) in [6.45, 7) is 1.21. The van der Waals surface area contributed by atoms with Gasteiger partial charge >= 0.3 is 0 Å². The molecular weight excluding hydrogens is 236 g/mol. The Kier molecular flexibility index (Phi) is 2.79. The number of carbonyl (C=O) groups excluding carboxylic acids is 1. The summed E-state index contributed by atoms with van der Waals surface area (Å²) >= 11 is 0.882. The fraction of sp³-hybridized carbons (Fsp3) is 0.400. The average molecular weight is 243 g/mol. The van der Waals surface area contributed by atoms with E-state index in [1.54, 1.807) is 0 Å². The quantitative estimate of drug-likeness (QED) is 0.673. The van der Waals surface area contributed by atoms with Crippen molar-refractivity contribution < 1.29 is 13.2 Å². The lowest BCUT2D eigenvalue weighted by Crippen LogP contribution is -2.55. The van der Waals surface area contributed by atoms with Gasteiger partial charge in [0.05, 0.1) is 0 Å². The minimum atomic E-state index is -3.93. The maximum atomic E-state index is 11.1. The molecule has 1 aliphatic heterocycles. The van der Waals surface area contributed by atoms with E-state index in [1.807, 2.05) is 0 Å². The highest BCUT2D eigenvalue weighted by atomic mass is 35.7. The first-order chi connectivity index (χ1) is 5.87.